The molecule has 3 heterocycles. The van der Waals surface area contributed by atoms with Crippen LogP contribution in [-0.4, -0.2) is 82.2 Å². The molecule has 3 aromatic rings. The standard InChI is InChI=1S/C24H25N5O3.C2H2O4/c1-25-23(31)18-8-4-7-17(12-18)22-26-24(32-27-22)19-13-28(14-19)15-21(30)29-11-5-9-16-6-2-3-10-20(16)29;3-1(4)2(5)6/h2-4,6-8,10,12,19H,5,9,11,13-15H2,1H3,(H,25,31);(H,3,4)(H,5,6). The van der Waals surface area contributed by atoms with Gasteiger partial charge in [0.15, 0.2) is 0 Å². The number of carbonyl (C=O) groups is 4. The van der Waals surface area contributed by atoms with E-state index in [-0.39, 0.29) is 17.7 Å². The van der Waals surface area contributed by atoms with Crippen molar-refractivity contribution in [2.75, 3.05) is 38.1 Å². The van der Waals surface area contributed by atoms with Gasteiger partial charge in [0.1, 0.15) is 0 Å². The van der Waals surface area contributed by atoms with Crippen LogP contribution < -0.4 is 10.2 Å². The molecule has 0 atom stereocenters. The summed E-state index contributed by atoms with van der Waals surface area (Å²) in [6, 6.07) is 15.3. The number of carbonyl (C=O) groups excluding carboxylic acids is 2. The van der Waals surface area contributed by atoms with E-state index in [4.69, 9.17) is 24.3 Å². The number of fused-ring (bicyclic) bond motifs is 1. The SMILES string of the molecule is CNC(=O)c1cccc(-c2noc(C3CN(CC(=O)N4CCCc5ccccc54)C3)n2)c1.O=C(O)C(=O)O. The van der Waals surface area contributed by atoms with Crippen LogP contribution in [0.2, 0.25) is 0 Å². The highest BCUT2D eigenvalue weighted by Gasteiger charge is 2.35. The molecule has 1 fully saturated rings. The Bertz CT molecular complexity index is 1340. The van der Waals surface area contributed by atoms with Gasteiger partial charge in [-0.25, -0.2) is 9.59 Å². The molecule has 1 saturated heterocycles. The van der Waals surface area contributed by atoms with Gasteiger partial charge in [-0.2, -0.15) is 4.98 Å². The number of carboxylic acid groups (broad SMARTS) is 2. The molecule has 38 heavy (non-hydrogen) atoms. The van der Waals surface area contributed by atoms with Crippen LogP contribution in [0.5, 0.6) is 0 Å². The Morgan fingerprint density at radius 1 is 1.05 bits per heavy atom. The second-order valence-corrected chi connectivity index (χ2v) is 8.90. The van der Waals surface area contributed by atoms with Crippen LogP contribution in [0.15, 0.2) is 53.1 Å². The summed E-state index contributed by atoms with van der Waals surface area (Å²) in [6.07, 6.45) is 2.02. The van der Waals surface area contributed by atoms with Crippen molar-refractivity contribution in [2.45, 2.75) is 18.8 Å². The van der Waals surface area contributed by atoms with Crippen LogP contribution in [0.25, 0.3) is 11.4 Å². The van der Waals surface area contributed by atoms with Crippen molar-refractivity contribution in [1.29, 1.82) is 0 Å². The maximum atomic E-state index is 12.9. The summed E-state index contributed by atoms with van der Waals surface area (Å²) in [7, 11) is 1.60. The molecule has 198 valence electrons. The minimum atomic E-state index is -1.82. The minimum absolute atomic E-state index is 0.111. The van der Waals surface area contributed by atoms with Gasteiger partial charge in [0, 0.05) is 43.5 Å². The maximum absolute atomic E-state index is 12.9. The smallest absolute Gasteiger partial charge is 0.414 e. The first-order chi connectivity index (χ1) is 18.3. The third-order valence-corrected chi connectivity index (χ3v) is 6.31. The first kappa shape index (κ1) is 26.5. The Balaban J connectivity index is 0.000000505. The van der Waals surface area contributed by atoms with E-state index in [0.717, 1.165) is 30.6 Å². The van der Waals surface area contributed by atoms with Gasteiger partial charge in [-0.15, -0.1) is 0 Å². The zero-order chi connectivity index (χ0) is 27.2. The van der Waals surface area contributed by atoms with E-state index in [9.17, 15) is 9.59 Å². The van der Waals surface area contributed by atoms with Gasteiger partial charge < -0.3 is 25.0 Å². The molecule has 2 amide bonds. The highest BCUT2D eigenvalue weighted by molar-refractivity contribution is 6.27. The normalized spacial score (nSPS) is 14.9. The van der Waals surface area contributed by atoms with Crippen LogP contribution in [0.4, 0.5) is 5.69 Å². The van der Waals surface area contributed by atoms with Crippen LogP contribution in [0, 0.1) is 0 Å². The predicted octanol–water partition coefficient (Wildman–Crippen LogP) is 1.63. The van der Waals surface area contributed by atoms with Crippen molar-refractivity contribution >= 4 is 29.4 Å². The van der Waals surface area contributed by atoms with E-state index in [1.54, 1.807) is 25.2 Å². The lowest BCUT2D eigenvalue weighted by molar-refractivity contribution is -0.159. The lowest BCUT2D eigenvalue weighted by atomic mass is 9.99. The maximum Gasteiger partial charge on any atom is 0.414 e. The molecule has 0 spiro atoms. The molecule has 5 rings (SSSR count). The topological polar surface area (TPSA) is 166 Å². The highest BCUT2D eigenvalue weighted by atomic mass is 16.5. The van der Waals surface area contributed by atoms with Crippen LogP contribution in [0.3, 0.4) is 0 Å². The molecule has 0 saturated carbocycles. The van der Waals surface area contributed by atoms with E-state index in [1.165, 1.54) is 5.56 Å². The number of nitrogens with zero attached hydrogens (tertiary/aromatic N) is 4. The van der Waals surface area contributed by atoms with Crippen molar-refractivity contribution in [3.63, 3.8) is 0 Å². The Hall–Kier alpha value is -4.58. The fourth-order valence-corrected chi connectivity index (χ4v) is 4.39. The van der Waals surface area contributed by atoms with Gasteiger partial charge in [0.05, 0.1) is 12.5 Å². The number of aryl methyl sites for hydroxylation is 1. The summed E-state index contributed by atoms with van der Waals surface area (Å²) in [5, 5.41) is 21.5. The fraction of sp³-hybridized carbons (Fsp3) is 0.308. The summed E-state index contributed by atoms with van der Waals surface area (Å²) in [4.78, 5) is 51.5. The number of carboxylic acids is 2. The number of likely N-dealkylation sites (tertiary alicyclic amines) is 1. The first-order valence-corrected chi connectivity index (χ1v) is 12.0. The van der Waals surface area contributed by atoms with E-state index < -0.39 is 11.9 Å². The van der Waals surface area contributed by atoms with E-state index >= 15 is 0 Å². The van der Waals surface area contributed by atoms with E-state index in [0.29, 0.717) is 36.9 Å². The number of rotatable bonds is 5. The molecule has 0 unspecified atom stereocenters. The molecule has 3 N–H and O–H groups in total. The molecular formula is C26H27N5O7. The zero-order valence-electron chi connectivity index (χ0n) is 20.7. The van der Waals surface area contributed by atoms with Crippen molar-refractivity contribution in [1.82, 2.24) is 20.4 Å². The number of benzene rings is 2. The van der Waals surface area contributed by atoms with Crippen LogP contribution >= 0.6 is 0 Å². The number of para-hydroxylation sites is 1. The molecule has 12 heteroatoms. The zero-order valence-corrected chi connectivity index (χ0v) is 20.7. The van der Waals surface area contributed by atoms with Crippen LogP contribution in [0.1, 0.15) is 34.2 Å². The van der Waals surface area contributed by atoms with Gasteiger partial charge in [-0.1, -0.05) is 35.5 Å². The van der Waals surface area contributed by atoms with Crippen molar-refractivity contribution in [2.24, 2.45) is 0 Å². The molecular weight excluding hydrogens is 494 g/mol. The second kappa shape index (κ2) is 11.6. The lowest BCUT2D eigenvalue weighted by Gasteiger charge is -2.38. The Morgan fingerprint density at radius 2 is 1.79 bits per heavy atom. The predicted molar refractivity (Wildman–Crippen MR) is 135 cm³/mol. The Morgan fingerprint density at radius 3 is 2.50 bits per heavy atom. The van der Waals surface area contributed by atoms with Gasteiger partial charge in [-0.3, -0.25) is 14.5 Å². The van der Waals surface area contributed by atoms with Gasteiger partial charge in [0.25, 0.3) is 5.91 Å². The second-order valence-electron chi connectivity index (χ2n) is 8.90. The largest absolute Gasteiger partial charge is 0.473 e. The summed E-state index contributed by atoms with van der Waals surface area (Å²) < 4.78 is 5.48. The monoisotopic (exact) mass is 521 g/mol. The molecule has 0 radical (unpaired) electrons. The average Bonchev–Trinajstić information content (AvgIpc) is 3.39. The summed E-state index contributed by atoms with van der Waals surface area (Å²) in [5.74, 6) is -2.54. The summed E-state index contributed by atoms with van der Waals surface area (Å²) in [6.45, 7) is 2.58. The minimum Gasteiger partial charge on any atom is -0.473 e. The van der Waals surface area contributed by atoms with Gasteiger partial charge in [-0.05, 0) is 36.6 Å². The van der Waals surface area contributed by atoms with Gasteiger partial charge >= 0.3 is 11.9 Å². The number of amides is 2. The first-order valence-electron chi connectivity index (χ1n) is 12.0. The molecule has 0 bridgehead atoms. The quantitative estimate of drug-likeness (QED) is 0.420. The summed E-state index contributed by atoms with van der Waals surface area (Å²) in [5.41, 5.74) is 3.56. The molecule has 2 aromatic carbocycles. The average molecular weight is 522 g/mol. The lowest BCUT2D eigenvalue weighted by Crippen LogP contribution is -2.51. The van der Waals surface area contributed by atoms with Crippen molar-refractivity contribution in [3.05, 3.63) is 65.5 Å². The number of anilines is 1. The molecule has 12 nitrogen and oxygen atoms in total. The summed E-state index contributed by atoms with van der Waals surface area (Å²) >= 11 is 0. The Kier molecular flexibility index (Phi) is 8.12. The molecule has 0 aliphatic carbocycles. The number of hydrogen-bond donors (Lipinski definition) is 3. The van der Waals surface area contributed by atoms with Crippen molar-refractivity contribution < 1.29 is 33.9 Å². The number of nitrogens with one attached hydrogen (secondary N) is 1. The third kappa shape index (κ3) is 6.03. The fourth-order valence-electron chi connectivity index (χ4n) is 4.39. The van der Waals surface area contributed by atoms with Gasteiger partial charge in [0.2, 0.25) is 17.6 Å². The number of aromatic nitrogens is 2. The highest BCUT2D eigenvalue weighted by Crippen LogP contribution is 2.30. The molecule has 1 aromatic heterocycles. The molecule has 2 aliphatic rings. The van der Waals surface area contributed by atoms with E-state index in [1.807, 2.05) is 29.2 Å². The van der Waals surface area contributed by atoms with Crippen molar-refractivity contribution in [3.8, 4) is 11.4 Å². The number of aliphatic carboxylic acids is 2. The number of hydrogen-bond acceptors (Lipinski definition) is 8. The molecule has 2 aliphatic heterocycles. The third-order valence-electron chi connectivity index (χ3n) is 6.31. The Labute approximate surface area is 217 Å². The van der Waals surface area contributed by atoms with E-state index in [2.05, 4.69) is 26.4 Å². The van der Waals surface area contributed by atoms with Crippen LogP contribution in [-0.2, 0) is 20.8 Å².